The van der Waals surface area contributed by atoms with Gasteiger partial charge in [-0.15, -0.1) is 0 Å². The largest absolute Gasteiger partial charge is 0.481 e. The minimum Gasteiger partial charge on any atom is -0.481 e. The molecule has 0 saturated heterocycles. The maximum atomic E-state index is 13.3. The van der Waals surface area contributed by atoms with Crippen LogP contribution >= 0.6 is 23.2 Å². The summed E-state index contributed by atoms with van der Waals surface area (Å²) in [4.78, 5) is 26.5. The maximum Gasteiger partial charge on any atom is 0.304 e. The van der Waals surface area contributed by atoms with E-state index in [4.69, 9.17) is 23.2 Å². The molecule has 0 spiro atoms. The molecule has 2 unspecified atom stereocenters. The van der Waals surface area contributed by atoms with Crippen LogP contribution in [0, 0.1) is 11.8 Å². The lowest BCUT2D eigenvalue weighted by molar-refractivity contribution is -0.140. The van der Waals surface area contributed by atoms with Crippen molar-refractivity contribution in [2.75, 3.05) is 11.4 Å². The zero-order chi connectivity index (χ0) is 20.4. The van der Waals surface area contributed by atoms with Crippen LogP contribution in [0.15, 0.2) is 42.5 Å². The molecular weight excluding hydrogens is 397 g/mol. The third-order valence-corrected chi connectivity index (χ3v) is 5.62. The molecule has 148 valence electrons. The van der Waals surface area contributed by atoms with E-state index in [0.29, 0.717) is 23.0 Å². The first-order chi connectivity index (χ1) is 13.3. The minimum absolute atomic E-state index is 0.158. The third kappa shape index (κ3) is 4.34. The van der Waals surface area contributed by atoms with Gasteiger partial charge >= 0.3 is 5.97 Å². The number of carboxylic acids is 1. The van der Waals surface area contributed by atoms with Gasteiger partial charge < -0.3 is 10.0 Å². The fourth-order valence-corrected chi connectivity index (χ4v) is 4.34. The van der Waals surface area contributed by atoms with Crippen molar-refractivity contribution < 1.29 is 14.7 Å². The van der Waals surface area contributed by atoms with Gasteiger partial charge in [-0.3, -0.25) is 9.59 Å². The standard InChI is InChI=1S/C22H23Cl2NO3/c1-13(2)12-25-20-8-7-15(23)11-18(20)17(16-5-3-4-6-19(16)24)9-14(22(25)28)10-21(26)27/h3-8,11,13-14,17H,9-10,12H2,1-2H3,(H,26,27). The summed E-state index contributed by atoms with van der Waals surface area (Å²) in [5, 5.41) is 10.6. The monoisotopic (exact) mass is 419 g/mol. The molecule has 6 heteroatoms. The molecular formula is C22H23Cl2NO3. The van der Waals surface area contributed by atoms with Crippen LogP contribution in [-0.2, 0) is 9.59 Å². The van der Waals surface area contributed by atoms with Crippen molar-refractivity contribution in [3.05, 3.63) is 63.6 Å². The predicted octanol–water partition coefficient (Wildman–Crippen LogP) is 5.61. The second kappa shape index (κ2) is 8.54. The van der Waals surface area contributed by atoms with Crippen LogP contribution in [0.5, 0.6) is 0 Å². The Kier molecular flexibility index (Phi) is 6.31. The highest BCUT2D eigenvalue weighted by Gasteiger charge is 2.37. The van der Waals surface area contributed by atoms with Gasteiger partial charge in [-0.1, -0.05) is 55.2 Å². The van der Waals surface area contributed by atoms with Crippen molar-refractivity contribution >= 4 is 40.8 Å². The molecule has 0 fully saturated rings. The van der Waals surface area contributed by atoms with Crippen LogP contribution in [0.4, 0.5) is 5.69 Å². The molecule has 3 rings (SSSR count). The van der Waals surface area contributed by atoms with Gasteiger partial charge in [-0.25, -0.2) is 0 Å². The van der Waals surface area contributed by atoms with Crippen LogP contribution in [0.25, 0.3) is 0 Å². The first-order valence-corrected chi connectivity index (χ1v) is 10.1. The minimum atomic E-state index is -0.982. The van der Waals surface area contributed by atoms with Crippen molar-refractivity contribution in [1.82, 2.24) is 0 Å². The molecule has 1 aliphatic rings. The number of hydrogen-bond donors (Lipinski definition) is 1. The van der Waals surface area contributed by atoms with Gasteiger partial charge in [-0.2, -0.15) is 0 Å². The van der Waals surface area contributed by atoms with Crippen LogP contribution in [-0.4, -0.2) is 23.5 Å². The van der Waals surface area contributed by atoms with E-state index in [1.54, 1.807) is 11.0 Å². The van der Waals surface area contributed by atoms with Crippen LogP contribution in [0.2, 0.25) is 10.0 Å². The molecule has 2 atom stereocenters. The lowest BCUT2D eigenvalue weighted by Gasteiger charge is -2.27. The van der Waals surface area contributed by atoms with Gasteiger partial charge in [0, 0.05) is 34.1 Å². The number of anilines is 1. The molecule has 1 aliphatic heterocycles. The Labute approximate surface area is 175 Å². The summed E-state index contributed by atoms with van der Waals surface area (Å²) in [7, 11) is 0. The summed E-state index contributed by atoms with van der Waals surface area (Å²) in [6.07, 6.45) is 0.160. The highest BCUT2D eigenvalue weighted by atomic mass is 35.5. The zero-order valence-corrected chi connectivity index (χ0v) is 17.4. The van der Waals surface area contributed by atoms with E-state index in [1.807, 2.05) is 50.2 Å². The number of carbonyl (C=O) groups excluding carboxylic acids is 1. The molecule has 2 aromatic carbocycles. The van der Waals surface area contributed by atoms with Crippen molar-refractivity contribution in [1.29, 1.82) is 0 Å². The van der Waals surface area contributed by atoms with E-state index in [9.17, 15) is 14.7 Å². The summed E-state index contributed by atoms with van der Waals surface area (Å²) in [6.45, 7) is 4.58. The molecule has 0 saturated carbocycles. The maximum absolute atomic E-state index is 13.3. The van der Waals surface area contributed by atoms with E-state index >= 15 is 0 Å². The number of rotatable bonds is 5. The summed E-state index contributed by atoms with van der Waals surface area (Å²) in [6, 6.07) is 13.0. The van der Waals surface area contributed by atoms with Crippen molar-refractivity contribution in [3.8, 4) is 0 Å². The van der Waals surface area contributed by atoms with Crippen LogP contribution < -0.4 is 4.90 Å². The van der Waals surface area contributed by atoms with E-state index in [-0.39, 0.29) is 24.2 Å². The number of nitrogens with zero attached hydrogens (tertiary/aromatic N) is 1. The summed E-state index contributed by atoms with van der Waals surface area (Å²) in [5.74, 6) is -1.76. The number of amides is 1. The Morgan fingerprint density at radius 1 is 1.18 bits per heavy atom. The smallest absolute Gasteiger partial charge is 0.304 e. The summed E-state index contributed by atoms with van der Waals surface area (Å²) in [5.41, 5.74) is 2.56. The van der Waals surface area contributed by atoms with Gasteiger partial charge in [0.25, 0.3) is 0 Å². The predicted molar refractivity (Wildman–Crippen MR) is 112 cm³/mol. The molecule has 0 radical (unpaired) electrons. The number of halogens is 2. The zero-order valence-electron chi connectivity index (χ0n) is 15.9. The van der Waals surface area contributed by atoms with Gasteiger partial charge in [0.2, 0.25) is 5.91 Å². The topological polar surface area (TPSA) is 57.6 Å². The highest BCUT2D eigenvalue weighted by molar-refractivity contribution is 6.31. The van der Waals surface area contributed by atoms with Crippen LogP contribution in [0.3, 0.4) is 0 Å². The lowest BCUT2D eigenvalue weighted by Crippen LogP contribution is -2.38. The quantitative estimate of drug-likeness (QED) is 0.684. The number of carbonyl (C=O) groups is 2. The molecule has 1 N–H and O–H groups in total. The van der Waals surface area contributed by atoms with E-state index < -0.39 is 11.9 Å². The average Bonchev–Trinajstić information content (AvgIpc) is 2.72. The first-order valence-electron chi connectivity index (χ1n) is 9.35. The SMILES string of the molecule is CC(C)CN1C(=O)C(CC(=O)O)CC(c2ccccc2Cl)c2cc(Cl)ccc21. The molecule has 28 heavy (non-hydrogen) atoms. The van der Waals surface area contributed by atoms with Gasteiger partial charge in [-0.05, 0) is 47.7 Å². The number of aliphatic carboxylic acids is 1. The molecule has 0 aromatic heterocycles. The fourth-order valence-electron chi connectivity index (χ4n) is 3.89. The van der Waals surface area contributed by atoms with Gasteiger partial charge in [0.15, 0.2) is 0 Å². The molecule has 1 heterocycles. The fraction of sp³-hybridized carbons (Fsp3) is 0.364. The lowest BCUT2D eigenvalue weighted by atomic mass is 9.83. The average molecular weight is 420 g/mol. The molecule has 0 aliphatic carbocycles. The van der Waals surface area contributed by atoms with Gasteiger partial charge in [0.1, 0.15) is 0 Å². The third-order valence-electron chi connectivity index (χ3n) is 5.04. The number of benzene rings is 2. The Balaban J connectivity index is 2.20. The van der Waals surface area contributed by atoms with E-state index in [0.717, 1.165) is 16.8 Å². The number of carboxylic acid groups (broad SMARTS) is 1. The Bertz CT molecular complexity index is 897. The Hall–Kier alpha value is -2.04. The Morgan fingerprint density at radius 3 is 2.54 bits per heavy atom. The highest BCUT2D eigenvalue weighted by Crippen LogP contribution is 2.44. The van der Waals surface area contributed by atoms with Crippen molar-refractivity contribution in [2.24, 2.45) is 11.8 Å². The van der Waals surface area contributed by atoms with Gasteiger partial charge in [0.05, 0.1) is 6.42 Å². The molecule has 1 amide bonds. The normalized spacial score (nSPS) is 19.5. The number of hydrogen-bond acceptors (Lipinski definition) is 2. The van der Waals surface area contributed by atoms with E-state index in [1.165, 1.54) is 0 Å². The Morgan fingerprint density at radius 2 is 1.89 bits per heavy atom. The molecule has 4 nitrogen and oxygen atoms in total. The van der Waals surface area contributed by atoms with Crippen molar-refractivity contribution in [2.45, 2.75) is 32.6 Å². The van der Waals surface area contributed by atoms with Crippen molar-refractivity contribution in [3.63, 3.8) is 0 Å². The summed E-state index contributed by atoms with van der Waals surface area (Å²) >= 11 is 12.8. The van der Waals surface area contributed by atoms with Crippen LogP contribution in [0.1, 0.15) is 43.7 Å². The molecule has 0 bridgehead atoms. The van der Waals surface area contributed by atoms with E-state index in [2.05, 4.69) is 0 Å². The second-order valence-electron chi connectivity index (χ2n) is 7.65. The first kappa shape index (κ1) is 20.7. The summed E-state index contributed by atoms with van der Waals surface area (Å²) < 4.78 is 0. The molecule has 2 aromatic rings. The number of fused-ring (bicyclic) bond motifs is 1. The second-order valence-corrected chi connectivity index (χ2v) is 8.49.